The Hall–Kier alpha value is -3.35. The second-order valence-electron chi connectivity index (χ2n) is 7.34. The van der Waals surface area contributed by atoms with Crippen molar-refractivity contribution in [3.8, 4) is 0 Å². The monoisotopic (exact) mass is 522 g/mol. The van der Waals surface area contributed by atoms with Gasteiger partial charge in [0, 0.05) is 18.8 Å². The van der Waals surface area contributed by atoms with Gasteiger partial charge in [-0.25, -0.2) is 22.4 Å². The van der Waals surface area contributed by atoms with E-state index in [2.05, 4.69) is 4.72 Å². The number of carboxylic acid groups (broad SMARTS) is 2. The molecule has 0 aliphatic heterocycles. The summed E-state index contributed by atoms with van der Waals surface area (Å²) in [5.74, 6) is -4.56. The number of halogens is 4. The topological polar surface area (TPSA) is 124 Å². The molecule has 35 heavy (non-hydrogen) atoms. The van der Waals surface area contributed by atoms with Crippen LogP contribution in [-0.4, -0.2) is 49.8 Å². The van der Waals surface area contributed by atoms with Gasteiger partial charge in [-0.15, -0.1) is 0 Å². The fourth-order valence-electron chi connectivity index (χ4n) is 3.01. The predicted molar refractivity (Wildman–Crippen MR) is 122 cm³/mol. The van der Waals surface area contributed by atoms with Crippen LogP contribution in [0.5, 0.6) is 0 Å². The van der Waals surface area contributed by atoms with Crippen molar-refractivity contribution in [1.29, 1.82) is 0 Å². The number of hydrogen-bond acceptors (Lipinski definition) is 5. The van der Waals surface area contributed by atoms with Gasteiger partial charge in [-0.05, 0) is 55.7 Å². The van der Waals surface area contributed by atoms with Gasteiger partial charge in [-0.2, -0.15) is 13.2 Å². The molecule has 2 rings (SSSR count). The van der Waals surface area contributed by atoms with Crippen LogP contribution in [0.15, 0.2) is 41.3 Å². The molecule has 0 fully saturated rings. The molecule has 2 aromatic carbocycles. The number of carboxylic acids is 2. The molecule has 0 atom stereocenters. The van der Waals surface area contributed by atoms with Crippen molar-refractivity contribution in [2.24, 2.45) is 0 Å². The van der Waals surface area contributed by atoms with E-state index in [9.17, 15) is 35.9 Å². The smallest absolute Gasteiger partial charge is 0.478 e. The first kappa shape index (κ1) is 29.7. The van der Waals surface area contributed by atoms with E-state index in [0.717, 1.165) is 18.9 Å². The molecule has 0 radical (unpaired) electrons. The number of aliphatic carboxylic acids is 1. The molecule has 0 saturated carbocycles. The molecule has 194 valence electrons. The number of aryl methyl sites for hydroxylation is 1. The first-order valence-electron chi connectivity index (χ1n) is 10.3. The van der Waals surface area contributed by atoms with E-state index in [4.69, 9.17) is 9.90 Å². The van der Waals surface area contributed by atoms with Crippen molar-refractivity contribution >= 4 is 33.3 Å². The van der Waals surface area contributed by atoms with Crippen molar-refractivity contribution < 1.29 is 45.8 Å². The van der Waals surface area contributed by atoms with Gasteiger partial charge in [-0.3, -0.25) is 4.72 Å². The zero-order valence-corrected chi connectivity index (χ0v) is 20.0. The lowest BCUT2D eigenvalue weighted by Gasteiger charge is -2.25. The normalized spacial score (nSPS) is 11.3. The summed E-state index contributed by atoms with van der Waals surface area (Å²) in [5.41, 5.74) is 1.05. The van der Waals surface area contributed by atoms with Gasteiger partial charge >= 0.3 is 18.1 Å². The highest BCUT2D eigenvalue weighted by Crippen LogP contribution is 2.27. The van der Waals surface area contributed by atoms with E-state index in [1.807, 2.05) is 18.7 Å². The zero-order chi connectivity index (χ0) is 27.0. The summed E-state index contributed by atoms with van der Waals surface area (Å²) in [4.78, 5) is 22.4. The summed E-state index contributed by atoms with van der Waals surface area (Å²) in [6, 6.07) is 7.92. The predicted octanol–water partition coefficient (Wildman–Crippen LogP) is 4.89. The number of carbonyl (C=O) groups is 2. The van der Waals surface area contributed by atoms with Gasteiger partial charge < -0.3 is 15.1 Å². The van der Waals surface area contributed by atoms with Crippen molar-refractivity contribution in [2.75, 3.05) is 22.7 Å². The van der Waals surface area contributed by atoms with Crippen LogP contribution in [0, 0.1) is 12.7 Å². The summed E-state index contributed by atoms with van der Waals surface area (Å²) in [6.45, 7) is 6.97. The molecule has 0 saturated heterocycles. The third-order valence-electron chi connectivity index (χ3n) is 4.49. The number of rotatable bonds is 9. The number of benzene rings is 2. The molecular formula is C22H26F4N2O6S. The summed E-state index contributed by atoms with van der Waals surface area (Å²) in [5, 5.41) is 16.7. The van der Waals surface area contributed by atoms with Crippen LogP contribution in [-0.2, 0) is 14.8 Å². The molecule has 0 aromatic heterocycles. The van der Waals surface area contributed by atoms with E-state index in [1.165, 1.54) is 24.3 Å². The maximum atomic E-state index is 13.5. The third-order valence-corrected chi connectivity index (χ3v) is 6.01. The lowest BCUT2D eigenvalue weighted by Crippen LogP contribution is -2.27. The number of sulfonamides is 1. The zero-order valence-electron chi connectivity index (χ0n) is 19.2. The summed E-state index contributed by atoms with van der Waals surface area (Å²) < 4.78 is 72.9. The van der Waals surface area contributed by atoms with Crippen molar-refractivity contribution in [3.63, 3.8) is 0 Å². The van der Waals surface area contributed by atoms with Crippen LogP contribution in [0.2, 0.25) is 0 Å². The molecule has 0 bridgehead atoms. The lowest BCUT2D eigenvalue weighted by molar-refractivity contribution is -0.192. The van der Waals surface area contributed by atoms with E-state index in [1.54, 1.807) is 13.0 Å². The van der Waals surface area contributed by atoms with Gasteiger partial charge in [0.25, 0.3) is 10.0 Å². The van der Waals surface area contributed by atoms with Crippen molar-refractivity contribution in [2.45, 2.75) is 44.7 Å². The Morgan fingerprint density at radius 2 is 1.54 bits per heavy atom. The molecule has 0 aliphatic rings. The molecule has 0 aliphatic carbocycles. The van der Waals surface area contributed by atoms with E-state index >= 15 is 0 Å². The molecule has 0 heterocycles. The quantitative estimate of drug-likeness (QED) is 0.401. The van der Waals surface area contributed by atoms with Crippen LogP contribution in [0.3, 0.4) is 0 Å². The van der Waals surface area contributed by atoms with Gasteiger partial charge in [0.15, 0.2) is 0 Å². The lowest BCUT2D eigenvalue weighted by atomic mass is 10.1. The van der Waals surface area contributed by atoms with Crippen LogP contribution >= 0.6 is 0 Å². The average Bonchev–Trinajstić information content (AvgIpc) is 2.74. The second-order valence-corrected chi connectivity index (χ2v) is 8.99. The Labute approximate surface area is 200 Å². The van der Waals surface area contributed by atoms with E-state index in [0.29, 0.717) is 24.3 Å². The second kappa shape index (κ2) is 12.4. The number of aromatic carboxylic acids is 1. The van der Waals surface area contributed by atoms with Gasteiger partial charge in [0.05, 0.1) is 16.1 Å². The molecule has 2 aromatic rings. The number of alkyl halides is 3. The number of hydrogen-bond donors (Lipinski definition) is 3. The van der Waals surface area contributed by atoms with Gasteiger partial charge in [0.2, 0.25) is 0 Å². The number of nitrogens with one attached hydrogen (secondary N) is 1. The number of nitrogens with zero attached hydrogens (tertiary/aromatic N) is 1. The molecular weight excluding hydrogens is 496 g/mol. The standard InChI is InChI=1S/C20H25FN2O4S.C2HF3O2/c1-4-10-23(11-5-2)18-9-8-16(13-17(18)20(24)25)22-28(26,27)19-12-15(21)7-6-14(19)3;3-2(4,5)1(6)7/h6-9,12-13,22H,4-5,10-11H2,1-3H3,(H,24,25);(H,6,7). The molecule has 3 N–H and O–H groups in total. The Morgan fingerprint density at radius 1 is 1.00 bits per heavy atom. The largest absolute Gasteiger partial charge is 0.490 e. The minimum Gasteiger partial charge on any atom is -0.478 e. The summed E-state index contributed by atoms with van der Waals surface area (Å²) >= 11 is 0. The van der Waals surface area contributed by atoms with E-state index < -0.39 is 34.0 Å². The highest BCUT2D eigenvalue weighted by molar-refractivity contribution is 7.92. The van der Waals surface area contributed by atoms with Crippen LogP contribution in [0.4, 0.5) is 28.9 Å². The first-order valence-corrected chi connectivity index (χ1v) is 11.8. The van der Waals surface area contributed by atoms with Crippen molar-refractivity contribution in [3.05, 3.63) is 53.3 Å². The minimum atomic E-state index is -5.08. The highest BCUT2D eigenvalue weighted by Gasteiger charge is 2.38. The Balaban J connectivity index is 0.000000762. The summed E-state index contributed by atoms with van der Waals surface area (Å²) in [7, 11) is -4.06. The molecule has 0 spiro atoms. The maximum Gasteiger partial charge on any atom is 0.490 e. The Bertz CT molecular complexity index is 1150. The van der Waals surface area contributed by atoms with Gasteiger partial charge in [-0.1, -0.05) is 19.9 Å². The fourth-order valence-corrected chi connectivity index (χ4v) is 4.32. The van der Waals surface area contributed by atoms with Gasteiger partial charge in [0.1, 0.15) is 5.82 Å². The average molecular weight is 523 g/mol. The van der Waals surface area contributed by atoms with Crippen LogP contribution in [0.1, 0.15) is 42.6 Å². The Kier molecular flexibility index (Phi) is 10.5. The minimum absolute atomic E-state index is 0.0121. The van der Waals surface area contributed by atoms with E-state index in [-0.39, 0.29) is 16.1 Å². The molecule has 0 unspecified atom stereocenters. The molecule has 8 nitrogen and oxygen atoms in total. The van der Waals surface area contributed by atoms with Crippen molar-refractivity contribution in [1.82, 2.24) is 0 Å². The Morgan fingerprint density at radius 3 is 2.00 bits per heavy atom. The van der Waals surface area contributed by atoms with Crippen LogP contribution < -0.4 is 9.62 Å². The molecule has 13 heteroatoms. The summed E-state index contributed by atoms with van der Waals surface area (Å²) in [6.07, 6.45) is -3.38. The SMILES string of the molecule is CCCN(CCC)c1ccc(NS(=O)(=O)c2cc(F)ccc2C)cc1C(=O)O.O=C(O)C(F)(F)F. The molecule has 0 amide bonds. The third kappa shape index (κ3) is 8.74. The fraction of sp³-hybridized carbons (Fsp3) is 0.364. The maximum absolute atomic E-state index is 13.5. The number of anilines is 2. The first-order chi connectivity index (χ1) is 16.1. The van der Waals surface area contributed by atoms with Crippen LogP contribution in [0.25, 0.3) is 0 Å². The highest BCUT2D eigenvalue weighted by atomic mass is 32.2.